The lowest BCUT2D eigenvalue weighted by Crippen LogP contribution is -2.14. The van der Waals surface area contributed by atoms with Crippen molar-refractivity contribution < 1.29 is 22.7 Å². The van der Waals surface area contributed by atoms with Crippen LogP contribution in [0.3, 0.4) is 0 Å². The maximum absolute atomic E-state index is 13.2. The van der Waals surface area contributed by atoms with Crippen LogP contribution in [0.4, 0.5) is 0 Å². The van der Waals surface area contributed by atoms with Gasteiger partial charge >= 0.3 is 5.97 Å². The Morgan fingerprint density at radius 3 is 2.08 bits per heavy atom. The number of methoxy groups -OCH3 is 2. The van der Waals surface area contributed by atoms with E-state index in [1.165, 1.54) is 32.4 Å². The second kappa shape index (κ2) is 6.65. The highest BCUT2D eigenvalue weighted by atomic mass is 32.2. The van der Waals surface area contributed by atoms with Crippen molar-refractivity contribution in [3.8, 4) is 5.75 Å². The Bertz CT molecular complexity index is 875. The second-order valence-corrected chi connectivity index (χ2v) is 7.41. The summed E-state index contributed by atoms with van der Waals surface area (Å²) in [6.45, 7) is 5.39. The van der Waals surface area contributed by atoms with Crippen LogP contribution in [0, 0.1) is 20.8 Å². The van der Waals surface area contributed by atoms with E-state index >= 15 is 0 Å². The van der Waals surface area contributed by atoms with Crippen molar-refractivity contribution in [2.75, 3.05) is 14.2 Å². The summed E-state index contributed by atoms with van der Waals surface area (Å²) in [5.41, 5.74) is 2.14. The lowest BCUT2D eigenvalue weighted by Gasteiger charge is -2.16. The van der Waals surface area contributed by atoms with Gasteiger partial charge in [-0.2, -0.15) is 0 Å². The van der Waals surface area contributed by atoms with E-state index in [9.17, 15) is 13.2 Å². The molecule has 128 valence electrons. The summed E-state index contributed by atoms with van der Waals surface area (Å²) in [5, 5.41) is 0. The van der Waals surface area contributed by atoms with E-state index in [-0.39, 0.29) is 21.1 Å². The minimum absolute atomic E-state index is 0.0955. The average molecular weight is 348 g/mol. The number of benzene rings is 2. The zero-order valence-electron chi connectivity index (χ0n) is 14.3. The molecule has 0 atom stereocenters. The molecule has 2 aromatic rings. The maximum Gasteiger partial charge on any atom is 0.343 e. The minimum atomic E-state index is -3.92. The quantitative estimate of drug-likeness (QED) is 0.793. The summed E-state index contributed by atoms with van der Waals surface area (Å²) in [5.74, 6) is -0.598. The summed E-state index contributed by atoms with van der Waals surface area (Å²) >= 11 is 0. The van der Waals surface area contributed by atoms with E-state index in [1.54, 1.807) is 26.0 Å². The van der Waals surface area contributed by atoms with Crippen molar-refractivity contribution in [2.45, 2.75) is 30.6 Å². The van der Waals surface area contributed by atoms with Crippen LogP contribution < -0.4 is 4.74 Å². The van der Waals surface area contributed by atoms with Gasteiger partial charge in [-0.25, -0.2) is 13.2 Å². The Hall–Kier alpha value is -2.34. The summed E-state index contributed by atoms with van der Waals surface area (Å²) in [4.78, 5) is 12.2. The van der Waals surface area contributed by atoms with Gasteiger partial charge in [-0.15, -0.1) is 0 Å². The van der Waals surface area contributed by atoms with E-state index in [2.05, 4.69) is 0 Å². The Kier molecular flexibility index (Phi) is 4.99. The molecule has 2 rings (SSSR count). The van der Waals surface area contributed by atoms with Gasteiger partial charge in [-0.1, -0.05) is 23.8 Å². The average Bonchev–Trinajstić information content (AvgIpc) is 2.51. The van der Waals surface area contributed by atoms with Gasteiger partial charge in [0.1, 0.15) is 11.3 Å². The first-order chi connectivity index (χ1) is 11.2. The second-order valence-electron chi connectivity index (χ2n) is 5.56. The van der Waals surface area contributed by atoms with E-state index in [4.69, 9.17) is 9.47 Å². The largest absolute Gasteiger partial charge is 0.496 e. The molecule has 0 spiro atoms. The molecule has 0 N–H and O–H groups in total. The van der Waals surface area contributed by atoms with Crippen LogP contribution in [0.25, 0.3) is 0 Å². The molecule has 0 aromatic heterocycles. The number of esters is 1. The molecular formula is C18H20O5S. The lowest BCUT2D eigenvalue weighted by atomic mass is 10.1. The number of sulfone groups is 1. The van der Waals surface area contributed by atoms with Crippen molar-refractivity contribution in [3.05, 3.63) is 52.6 Å². The first kappa shape index (κ1) is 18.0. The molecule has 0 radical (unpaired) electrons. The first-order valence-corrected chi connectivity index (χ1v) is 8.80. The Labute approximate surface area is 142 Å². The maximum atomic E-state index is 13.2. The van der Waals surface area contributed by atoms with Crippen molar-refractivity contribution in [1.82, 2.24) is 0 Å². The predicted octanol–water partition coefficient (Wildman–Crippen LogP) is 3.24. The molecular weight excluding hydrogens is 328 g/mol. The van der Waals surface area contributed by atoms with E-state index in [0.29, 0.717) is 11.1 Å². The molecule has 0 heterocycles. The SMILES string of the molecule is COC(=O)c1c(OC)cccc1S(=O)(=O)c1c(C)cc(C)cc1C. The molecule has 5 nitrogen and oxygen atoms in total. The van der Waals surface area contributed by atoms with Gasteiger partial charge < -0.3 is 9.47 Å². The van der Waals surface area contributed by atoms with Gasteiger partial charge in [0.15, 0.2) is 0 Å². The smallest absolute Gasteiger partial charge is 0.343 e. The zero-order valence-corrected chi connectivity index (χ0v) is 15.2. The summed E-state index contributed by atoms with van der Waals surface area (Å²) in [6, 6.07) is 8.07. The number of hydrogen-bond donors (Lipinski definition) is 0. The van der Waals surface area contributed by atoms with Crippen molar-refractivity contribution in [2.24, 2.45) is 0 Å². The Morgan fingerprint density at radius 2 is 1.58 bits per heavy atom. The molecule has 0 bridgehead atoms. The summed E-state index contributed by atoms with van der Waals surface area (Å²) in [7, 11) is -1.34. The molecule has 0 fully saturated rings. The monoisotopic (exact) mass is 348 g/mol. The van der Waals surface area contributed by atoms with Crippen LogP contribution >= 0.6 is 0 Å². The van der Waals surface area contributed by atoms with Crippen molar-refractivity contribution in [1.29, 1.82) is 0 Å². The number of aryl methyl sites for hydroxylation is 3. The molecule has 0 saturated carbocycles. The van der Waals surface area contributed by atoms with Gasteiger partial charge in [0.2, 0.25) is 9.84 Å². The van der Waals surface area contributed by atoms with Crippen LogP contribution in [-0.4, -0.2) is 28.6 Å². The van der Waals surface area contributed by atoms with Gasteiger partial charge in [-0.3, -0.25) is 0 Å². The van der Waals surface area contributed by atoms with E-state index in [0.717, 1.165) is 5.56 Å². The third-order valence-electron chi connectivity index (χ3n) is 3.76. The van der Waals surface area contributed by atoms with Gasteiger partial charge in [0.05, 0.1) is 24.0 Å². The zero-order chi connectivity index (χ0) is 18.1. The van der Waals surface area contributed by atoms with Crippen LogP contribution in [0.15, 0.2) is 40.1 Å². The fourth-order valence-electron chi connectivity index (χ4n) is 2.91. The fraction of sp³-hybridized carbons (Fsp3) is 0.278. The third kappa shape index (κ3) is 3.01. The topological polar surface area (TPSA) is 69.7 Å². The van der Waals surface area contributed by atoms with Crippen LogP contribution in [0.5, 0.6) is 5.75 Å². The molecule has 2 aromatic carbocycles. The van der Waals surface area contributed by atoms with Crippen LogP contribution in [-0.2, 0) is 14.6 Å². The van der Waals surface area contributed by atoms with Crippen LogP contribution in [0.1, 0.15) is 27.0 Å². The van der Waals surface area contributed by atoms with E-state index in [1.807, 2.05) is 6.92 Å². The third-order valence-corrected chi connectivity index (χ3v) is 5.86. The highest BCUT2D eigenvalue weighted by Gasteiger charge is 2.30. The normalized spacial score (nSPS) is 11.2. The molecule has 0 aliphatic carbocycles. The summed E-state index contributed by atoms with van der Waals surface area (Å²) < 4.78 is 36.4. The standard InChI is InChI=1S/C18H20O5S/c1-11-9-12(2)17(13(3)10-11)24(20,21)15-8-6-7-14(22-4)16(15)18(19)23-5/h6-10H,1-5H3. The molecule has 24 heavy (non-hydrogen) atoms. The highest BCUT2D eigenvalue weighted by molar-refractivity contribution is 7.91. The lowest BCUT2D eigenvalue weighted by molar-refractivity contribution is 0.0592. The van der Waals surface area contributed by atoms with Crippen molar-refractivity contribution in [3.63, 3.8) is 0 Å². The molecule has 0 aliphatic rings. The Morgan fingerprint density at radius 1 is 1.00 bits per heavy atom. The number of ether oxygens (including phenoxy) is 2. The highest BCUT2D eigenvalue weighted by Crippen LogP contribution is 2.34. The van der Waals surface area contributed by atoms with Crippen LogP contribution in [0.2, 0.25) is 0 Å². The number of rotatable bonds is 4. The molecule has 0 unspecified atom stereocenters. The fourth-order valence-corrected chi connectivity index (χ4v) is 4.80. The van der Waals surface area contributed by atoms with E-state index < -0.39 is 15.8 Å². The number of carbonyl (C=O) groups is 1. The molecule has 0 amide bonds. The first-order valence-electron chi connectivity index (χ1n) is 7.32. The predicted molar refractivity (Wildman–Crippen MR) is 90.4 cm³/mol. The number of carbonyl (C=O) groups excluding carboxylic acids is 1. The molecule has 0 aliphatic heterocycles. The number of hydrogen-bond acceptors (Lipinski definition) is 5. The van der Waals surface area contributed by atoms with Gasteiger partial charge in [-0.05, 0) is 44.0 Å². The molecule has 0 saturated heterocycles. The summed E-state index contributed by atoms with van der Waals surface area (Å²) in [6.07, 6.45) is 0. The van der Waals surface area contributed by atoms with Gasteiger partial charge in [0, 0.05) is 0 Å². The van der Waals surface area contributed by atoms with Crippen molar-refractivity contribution >= 4 is 15.8 Å². The Balaban J connectivity index is 2.83. The minimum Gasteiger partial charge on any atom is -0.496 e. The van der Waals surface area contributed by atoms with Gasteiger partial charge in [0.25, 0.3) is 0 Å². The molecule has 6 heteroatoms.